The number of aliphatic hydroxyl groups is 2. The lowest BCUT2D eigenvalue weighted by Crippen LogP contribution is -2.48. The summed E-state index contributed by atoms with van der Waals surface area (Å²) in [7, 11) is 0. The van der Waals surface area contributed by atoms with Crippen molar-refractivity contribution in [2.75, 3.05) is 6.61 Å². The zero-order valence-corrected chi connectivity index (χ0v) is 8.95. The molecule has 0 spiro atoms. The smallest absolute Gasteiger partial charge is 0.0910 e. The van der Waals surface area contributed by atoms with E-state index in [1.54, 1.807) is 0 Å². The minimum Gasteiger partial charge on any atom is -0.393 e. The Kier molecular flexibility index (Phi) is 3.36. The molecule has 0 heterocycles. The molecule has 0 bridgehead atoms. The maximum atomic E-state index is 10.2. The van der Waals surface area contributed by atoms with Crippen LogP contribution in [0.15, 0.2) is 0 Å². The van der Waals surface area contributed by atoms with Gasteiger partial charge in [0.25, 0.3) is 0 Å². The van der Waals surface area contributed by atoms with Gasteiger partial charge in [0.1, 0.15) is 0 Å². The third-order valence-electron chi connectivity index (χ3n) is 3.44. The Bertz CT molecular complexity index is 167. The van der Waals surface area contributed by atoms with Crippen molar-refractivity contribution in [2.24, 2.45) is 17.8 Å². The van der Waals surface area contributed by atoms with Crippen LogP contribution in [0.25, 0.3) is 0 Å². The predicted molar refractivity (Wildman–Crippen MR) is 53.4 cm³/mol. The molecule has 0 aromatic heterocycles. The number of hydrogen-bond donors (Lipinski definition) is 2. The molecule has 0 saturated heterocycles. The van der Waals surface area contributed by atoms with Gasteiger partial charge in [-0.15, -0.1) is 0 Å². The average Bonchev–Trinajstić information content (AvgIpc) is 2.03. The molecular formula is C11H22O2. The van der Waals surface area contributed by atoms with E-state index in [2.05, 4.69) is 20.8 Å². The van der Waals surface area contributed by atoms with Crippen molar-refractivity contribution < 1.29 is 10.2 Å². The molecule has 0 aliphatic heterocycles. The molecule has 78 valence electrons. The molecule has 1 unspecified atom stereocenters. The van der Waals surface area contributed by atoms with Crippen LogP contribution in [0.4, 0.5) is 0 Å². The maximum Gasteiger partial charge on any atom is 0.0910 e. The highest BCUT2D eigenvalue weighted by Crippen LogP contribution is 2.40. The van der Waals surface area contributed by atoms with Crippen molar-refractivity contribution >= 4 is 0 Å². The Morgan fingerprint density at radius 1 is 1.38 bits per heavy atom. The van der Waals surface area contributed by atoms with E-state index >= 15 is 0 Å². The largest absolute Gasteiger partial charge is 0.393 e. The molecule has 1 fully saturated rings. The molecule has 1 rings (SSSR count). The molecule has 13 heavy (non-hydrogen) atoms. The van der Waals surface area contributed by atoms with Gasteiger partial charge >= 0.3 is 0 Å². The predicted octanol–water partition coefficient (Wildman–Crippen LogP) is 1.80. The van der Waals surface area contributed by atoms with Crippen LogP contribution in [0.5, 0.6) is 0 Å². The average molecular weight is 186 g/mol. The minimum absolute atomic E-state index is 0.0831. The van der Waals surface area contributed by atoms with E-state index in [-0.39, 0.29) is 12.5 Å². The molecule has 2 nitrogen and oxygen atoms in total. The topological polar surface area (TPSA) is 40.5 Å². The fraction of sp³-hybridized carbons (Fsp3) is 1.00. The van der Waals surface area contributed by atoms with Crippen LogP contribution in [-0.2, 0) is 0 Å². The van der Waals surface area contributed by atoms with E-state index in [0.717, 1.165) is 12.8 Å². The van der Waals surface area contributed by atoms with Crippen molar-refractivity contribution in [1.29, 1.82) is 0 Å². The van der Waals surface area contributed by atoms with E-state index in [1.165, 1.54) is 6.42 Å². The first kappa shape index (κ1) is 11.0. The first-order chi connectivity index (χ1) is 5.99. The molecule has 1 saturated carbocycles. The van der Waals surface area contributed by atoms with Crippen LogP contribution >= 0.6 is 0 Å². The molecule has 3 atom stereocenters. The molecule has 0 radical (unpaired) electrons. The van der Waals surface area contributed by atoms with E-state index in [9.17, 15) is 10.2 Å². The molecule has 2 N–H and O–H groups in total. The molecular weight excluding hydrogens is 164 g/mol. The summed E-state index contributed by atoms with van der Waals surface area (Å²) < 4.78 is 0. The van der Waals surface area contributed by atoms with Gasteiger partial charge in [-0.3, -0.25) is 0 Å². The van der Waals surface area contributed by atoms with E-state index < -0.39 is 5.60 Å². The van der Waals surface area contributed by atoms with Gasteiger partial charge in [0.15, 0.2) is 0 Å². The monoisotopic (exact) mass is 186 g/mol. The summed E-state index contributed by atoms with van der Waals surface area (Å²) in [5.74, 6) is 1.28. The molecule has 0 aromatic rings. The Hall–Kier alpha value is -0.0800. The summed E-state index contributed by atoms with van der Waals surface area (Å²) in [6.07, 6.45) is 2.99. The van der Waals surface area contributed by atoms with Gasteiger partial charge in [-0.2, -0.15) is 0 Å². The number of rotatable bonds is 2. The van der Waals surface area contributed by atoms with Gasteiger partial charge in [0, 0.05) is 0 Å². The van der Waals surface area contributed by atoms with Crippen molar-refractivity contribution in [2.45, 2.75) is 45.6 Å². The second kappa shape index (κ2) is 3.97. The summed E-state index contributed by atoms with van der Waals surface area (Å²) in [5, 5.41) is 19.5. The fourth-order valence-corrected chi connectivity index (χ4v) is 2.73. The van der Waals surface area contributed by atoms with Gasteiger partial charge in [0.05, 0.1) is 12.2 Å². The first-order valence-electron chi connectivity index (χ1n) is 5.33. The van der Waals surface area contributed by atoms with Gasteiger partial charge < -0.3 is 10.2 Å². The number of aliphatic hydroxyl groups excluding tert-OH is 1. The second-order valence-corrected chi connectivity index (χ2v) is 5.00. The fourth-order valence-electron chi connectivity index (χ4n) is 2.73. The quantitative estimate of drug-likeness (QED) is 0.690. The standard InChI is InChI=1S/C11H22O2/c1-8(2)10-5-4-9(3)6-11(10,13)7-12/h8-10,12-13H,4-7H2,1-3H3/t9-,10+,11?/m1/s1. The molecule has 0 amide bonds. The van der Waals surface area contributed by atoms with E-state index in [0.29, 0.717) is 11.8 Å². The van der Waals surface area contributed by atoms with E-state index in [1.807, 2.05) is 0 Å². The van der Waals surface area contributed by atoms with Gasteiger partial charge in [-0.05, 0) is 30.6 Å². The summed E-state index contributed by atoms with van der Waals surface area (Å²) in [5.41, 5.74) is -0.814. The highest BCUT2D eigenvalue weighted by atomic mass is 16.3. The van der Waals surface area contributed by atoms with E-state index in [4.69, 9.17) is 0 Å². The van der Waals surface area contributed by atoms with Crippen LogP contribution in [0.2, 0.25) is 0 Å². The van der Waals surface area contributed by atoms with Crippen molar-refractivity contribution in [3.63, 3.8) is 0 Å². The van der Waals surface area contributed by atoms with Crippen molar-refractivity contribution in [3.05, 3.63) is 0 Å². The van der Waals surface area contributed by atoms with Gasteiger partial charge in [0.2, 0.25) is 0 Å². The molecule has 0 aromatic carbocycles. The molecule has 1 aliphatic rings. The SMILES string of the molecule is CC(C)[C@@H]1CC[C@@H](C)CC1(O)CO. The third kappa shape index (κ3) is 2.23. The van der Waals surface area contributed by atoms with Crippen molar-refractivity contribution in [1.82, 2.24) is 0 Å². The third-order valence-corrected chi connectivity index (χ3v) is 3.44. The Morgan fingerprint density at radius 2 is 2.00 bits per heavy atom. The van der Waals surface area contributed by atoms with Crippen LogP contribution < -0.4 is 0 Å². The lowest BCUT2D eigenvalue weighted by molar-refractivity contribution is -0.111. The molecule has 1 aliphatic carbocycles. The second-order valence-electron chi connectivity index (χ2n) is 5.00. The first-order valence-corrected chi connectivity index (χ1v) is 5.33. The lowest BCUT2D eigenvalue weighted by Gasteiger charge is -2.43. The van der Waals surface area contributed by atoms with Crippen LogP contribution in [-0.4, -0.2) is 22.4 Å². The Morgan fingerprint density at radius 3 is 2.46 bits per heavy atom. The van der Waals surface area contributed by atoms with Gasteiger partial charge in [-0.1, -0.05) is 27.2 Å². The summed E-state index contributed by atoms with van der Waals surface area (Å²) in [4.78, 5) is 0. The highest BCUT2D eigenvalue weighted by molar-refractivity contribution is 4.92. The summed E-state index contributed by atoms with van der Waals surface area (Å²) >= 11 is 0. The zero-order chi connectivity index (χ0) is 10.1. The van der Waals surface area contributed by atoms with Crippen molar-refractivity contribution in [3.8, 4) is 0 Å². The highest BCUT2D eigenvalue weighted by Gasteiger charge is 2.42. The maximum absolute atomic E-state index is 10.2. The van der Waals surface area contributed by atoms with Gasteiger partial charge in [-0.25, -0.2) is 0 Å². The lowest BCUT2D eigenvalue weighted by atomic mass is 9.67. The van der Waals surface area contributed by atoms with Crippen LogP contribution in [0.1, 0.15) is 40.0 Å². The zero-order valence-electron chi connectivity index (χ0n) is 8.95. The number of hydrogen-bond acceptors (Lipinski definition) is 2. The minimum atomic E-state index is -0.814. The normalized spacial score (nSPS) is 41.1. The summed E-state index contributed by atoms with van der Waals surface area (Å²) in [6.45, 7) is 6.32. The van der Waals surface area contributed by atoms with Crippen LogP contribution in [0, 0.1) is 17.8 Å². The van der Waals surface area contributed by atoms with Crippen LogP contribution in [0.3, 0.4) is 0 Å². The summed E-state index contributed by atoms with van der Waals surface area (Å²) in [6, 6.07) is 0. The Balaban J connectivity index is 2.72. The Labute approximate surface area is 81.0 Å². The molecule has 2 heteroatoms.